The van der Waals surface area contributed by atoms with Gasteiger partial charge in [0.15, 0.2) is 0 Å². The smallest absolute Gasteiger partial charge is 0.254 e. The molecule has 1 atom stereocenters. The SMILES string of the molecule is C=CC(=O)Nc1cccc2c1CN(C(C)CC)C2=O. The molecule has 0 saturated carbocycles. The molecule has 0 aliphatic carbocycles. The Hall–Kier alpha value is -2.10. The van der Waals surface area contributed by atoms with E-state index in [-0.39, 0.29) is 17.9 Å². The molecule has 1 aromatic rings. The fraction of sp³-hybridized carbons (Fsp3) is 0.333. The van der Waals surface area contributed by atoms with Crippen molar-refractivity contribution in [1.29, 1.82) is 0 Å². The minimum absolute atomic E-state index is 0.0408. The van der Waals surface area contributed by atoms with E-state index in [0.717, 1.165) is 12.0 Å². The van der Waals surface area contributed by atoms with Gasteiger partial charge in [-0.05, 0) is 31.6 Å². The van der Waals surface area contributed by atoms with Crippen molar-refractivity contribution in [1.82, 2.24) is 4.90 Å². The predicted octanol–water partition coefficient (Wildman–Crippen LogP) is 2.57. The summed E-state index contributed by atoms with van der Waals surface area (Å²) in [4.78, 5) is 25.5. The molecular formula is C15H18N2O2. The molecule has 0 aromatic heterocycles. The predicted molar refractivity (Wildman–Crippen MR) is 74.9 cm³/mol. The fourth-order valence-corrected chi connectivity index (χ4v) is 2.23. The van der Waals surface area contributed by atoms with Gasteiger partial charge >= 0.3 is 0 Å². The lowest BCUT2D eigenvalue weighted by Crippen LogP contribution is -2.32. The molecule has 4 nitrogen and oxygen atoms in total. The standard InChI is InChI=1S/C15H18N2O2/c1-4-10(3)17-9-12-11(15(17)19)7-6-8-13(12)16-14(18)5-2/h5-8,10H,2,4,9H2,1,3H3,(H,16,18). The summed E-state index contributed by atoms with van der Waals surface area (Å²) in [6.45, 7) is 8.08. The number of nitrogens with zero attached hydrogens (tertiary/aromatic N) is 1. The first-order chi connectivity index (χ1) is 9.08. The normalized spacial score (nSPS) is 15.1. The molecule has 0 spiro atoms. The Morgan fingerprint density at radius 2 is 2.32 bits per heavy atom. The number of fused-ring (bicyclic) bond motifs is 1. The van der Waals surface area contributed by atoms with Gasteiger partial charge in [-0.15, -0.1) is 0 Å². The number of nitrogens with one attached hydrogen (secondary N) is 1. The van der Waals surface area contributed by atoms with Crippen molar-refractivity contribution in [2.45, 2.75) is 32.9 Å². The highest BCUT2D eigenvalue weighted by atomic mass is 16.2. The van der Waals surface area contributed by atoms with Crippen LogP contribution in [0.4, 0.5) is 5.69 Å². The molecule has 1 unspecified atom stereocenters. The number of anilines is 1. The number of carbonyl (C=O) groups excluding carboxylic acids is 2. The minimum atomic E-state index is -0.261. The van der Waals surface area contributed by atoms with Crippen molar-refractivity contribution in [3.63, 3.8) is 0 Å². The molecule has 4 heteroatoms. The van der Waals surface area contributed by atoms with Gasteiger partial charge in [0, 0.05) is 29.4 Å². The Labute approximate surface area is 113 Å². The van der Waals surface area contributed by atoms with Crippen LogP contribution in [0.3, 0.4) is 0 Å². The fourth-order valence-electron chi connectivity index (χ4n) is 2.23. The molecule has 1 N–H and O–H groups in total. The third kappa shape index (κ3) is 2.38. The zero-order valence-electron chi connectivity index (χ0n) is 11.3. The summed E-state index contributed by atoms with van der Waals surface area (Å²) in [5, 5.41) is 2.75. The van der Waals surface area contributed by atoms with Gasteiger partial charge in [0.25, 0.3) is 5.91 Å². The lowest BCUT2D eigenvalue weighted by Gasteiger charge is -2.22. The van der Waals surface area contributed by atoms with Crippen LogP contribution in [0.2, 0.25) is 0 Å². The highest BCUT2D eigenvalue weighted by Gasteiger charge is 2.31. The first-order valence-corrected chi connectivity index (χ1v) is 6.44. The van der Waals surface area contributed by atoms with Gasteiger partial charge in [-0.2, -0.15) is 0 Å². The van der Waals surface area contributed by atoms with Crippen molar-refractivity contribution in [2.75, 3.05) is 5.32 Å². The van der Waals surface area contributed by atoms with Crippen LogP contribution in [0.5, 0.6) is 0 Å². The molecular weight excluding hydrogens is 240 g/mol. The van der Waals surface area contributed by atoms with Gasteiger partial charge in [-0.25, -0.2) is 0 Å². The van der Waals surface area contributed by atoms with Crippen LogP contribution in [0.25, 0.3) is 0 Å². The van der Waals surface area contributed by atoms with Gasteiger partial charge in [-0.1, -0.05) is 19.6 Å². The third-order valence-corrected chi connectivity index (χ3v) is 3.56. The van der Waals surface area contributed by atoms with Crippen molar-refractivity contribution in [3.05, 3.63) is 42.0 Å². The first kappa shape index (κ1) is 13.3. The zero-order valence-corrected chi connectivity index (χ0v) is 11.3. The number of amides is 2. The molecule has 1 heterocycles. The number of carbonyl (C=O) groups is 2. The van der Waals surface area contributed by atoms with Crippen LogP contribution in [0, 0.1) is 0 Å². The Morgan fingerprint density at radius 3 is 2.95 bits per heavy atom. The Morgan fingerprint density at radius 1 is 1.58 bits per heavy atom. The third-order valence-electron chi connectivity index (χ3n) is 3.56. The van der Waals surface area contributed by atoms with E-state index in [9.17, 15) is 9.59 Å². The Balaban J connectivity index is 2.34. The van der Waals surface area contributed by atoms with E-state index in [0.29, 0.717) is 17.8 Å². The van der Waals surface area contributed by atoms with Crippen LogP contribution in [0.15, 0.2) is 30.9 Å². The van der Waals surface area contributed by atoms with E-state index in [4.69, 9.17) is 0 Å². The minimum Gasteiger partial charge on any atom is -0.332 e. The molecule has 1 aliphatic rings. The lowest BCUT2D eigenvalue weighted by atomic mass is 10.1. The van der Waals surface area contributed by atoms with Gasteiger partial charge < -0.3 is 10.2 Å². The monoisotopic (exact) mass is 258 g/mol. The summed E-state index contributed by atoms with van der Waals surface area (Å²) in [6, 6.07) is 5.61. The maximum absolute atomic E-state index is 12.3. The second-order valence-corrected chi connectivity index (χ2v) is 4.72. The van der Waals surface area contributed by atoms with E-state index in [1.807, 2.05) is 24.0 Å². The molecule has 0 radical (unpaired) electrons. The molecule has 19 heavy (non-hydrogen) atoms. The summed E-state index contributed by atoms with van der Waals surface area (Å²) < 4.78 is 0. The van der Waals surface area contributed by atoms with Gasteiger partial charge in [0.2, 0.25) is 5.91 Å². The van der Waals surface area contributed by atoms with Crippen LogP contribution >= 0.6 is 0 Å². The second kappa shape index (κ2) is 5.26. The zero-order chi connectivity index (χ0) is 14.0. The summed E-state index contributed by atoms with van der Waals surface area (Å²) in [5.74, 6) is -0.220. The summed E-state index contributed by atoms with van der Waals surface area (Å²) in [7, 11) is 0. The first-order valence-electron chi connectivity index (χ1n) is 6.44. The largest absolute Gasteiger partial charge is 0.332 e. The van der Waals surface area contributed by atoms with E-state index in [2.05, 4.69) is 18.8 Å². The molecule has 0 bridgehead atoms. The average molecular weight is 258 g/mol. The molecule has 1 aromatic carbocycles. The molecule has 0 saturated heterocycles. The van der Waals surface area contributed by atoms with E-state index in [1.165, 1.54) is 6.08 Å². The quantitative estimate of drug-likeness (QED) is 0.844. The second-order valence-electron chi connectivity index (χ2n) is 4.72. The Kier molecular flexibility index (Phi) is 3.69. The van der Waals surface area contributed by atoms with Crippen molar-refractivity contribution in [3.8, 4) is 0 Å². The highest BCUT2D eigenvalue weighted by molar-refractivity contribution is 6.04. The van der Waals surface area contributed by atoms with Crippen molar-refractivity contribution >= 4 is 17.5 Å². The molecule has 2 rings (SSSR count). The summed E-state index contributed by atoms with van der Waals surface area (Å²) >= 11 is 0. The van der Waals surface area contributed by atoms with Gasteiger partial charge in [-0.3, -0.25) is 9.59 Å². The lowest BCUT2D eigenvalue weighted by molar-refractivity contribution is -0.111. The van der Waals surface area contributed by atoms with E-state index in [1.54, 1.807) is 6.07 Å². The molecule has 0 fully saturated rings. The number of hydrogen-bond acceptors (Lipinski definition) is 2. The van der Waals surface area contributed by atoms with Crippen LogP contribution in [0.1, 0.15) is 36.2 Å². The summed E-state index contributed by atoms with van der Waals surface area (Å²) in [6.07, 6.45) is 2.14. The van der Waals surface area contributed by atoms with E-state index < -0.39 is 0 Å². The number of benzene rings is 1. The summed E-state index contributed by atoms with van der Waals surface area (Å²) in [5.41, 5.74) is 2.27. The van der Waals surface area contributed by atoms with Gasteiger partial charge in [0.05, 0.1) is 0 Å². The molecule has 1 aliphatic heterocycles. The number of rotatable bonds is 4. The van der Waals surface area contributed by atoms with Crippen LogP contribution in [-0.4, -0.2) is 22.8 Å². The maximum Gasteiger partial charge on any atom is 0.254 e. The van der Waals surface area contributed by atoms with Crippen molar-refractivity contribution in [2.24, 2.45) is 0 Å². The average Bonchev–Trinajstić information content (AvgIpc) is 2.76. The maximum atomic E-state index is 12.3. The van der Waals surface area contributed by atoms with E-state index >= 15 is 0 Å². The topological polar surface area (TPSA) is 49.4 Å². The molecule has 100 valence electrons. The number of hydrogen-bond donors (Lipinski definition) is 1. The van der Waals surface area contributed by atoms with Gasteiger partial charge in [0.1, 0.15) is 0 Å². The molecule has 2 amide bonds. The van der Waals surface area contributed by atoms with Crippen molar-refractivity contribution < 1.29 is 9.59 Å². The highest BCUT2D eigenvalue weighted by Crippen LogP contribution is 2.31. The van der Waals surface area contributed by atoms with Crippen LogP contribution < -0.4 is 5.32 Å². The van der Waals surface area contributed by atoms with Crippen LogP contribution in [-0.2, 0) is 11.3 Å². The Bertz CT molecular complexity index is 537.